The number of aromatic hydroxyl groups is 1. The van der Waals surface area contributed by atoms with E-state index in [0.717, 1.165) is 5.56 Å². The van der Waals surface area contributed by atoms with Gasteiger partial charge in [0, 0.05) is 11.1 Å². The molecule has 2 rings (SSSR count). The zero-order chi connectivity index (χ0) is 18.2. The molecule has 1 amide bonds. The first-order valence-electron chi connectivity index (χ1n) is 7.58. The van der Waals surface area contributed by atoms with Crippen molar-refractivity contribution < 1.29 is 19.4 Å². The number of allylic oxidation sites excluding steroid dienone is 1. The molecule has 6 heteroatoms. The average molecular weight is 340 g/mol. The molecule has 0 fully saturated rings. The first kappa shape index (κ1) is 18.1. The summed E-state index contributed by atoms with van der Waals surface area (Å²) >= 11 is 0. The lowest BCUT2D eigenvalue weighted by Crippen LogP contribution is -2.17. The van der Waals surface area contributed by atoms with Crippen molar-refractivity contribution in [1.82, 2.24) is 5.43 Å². The molecular weight excluding hydrogens is 320 g/mol. The third kappa shape index (κ3) is 4.38. The van der Waals surface area contributed by atoms with Gasteiger partial charge in [-0.1, -0.05) is 18.2 Å². The molecule has 2 aromatic carbocycles. The van der Waals surface area contributed by atoms with E-state index in [2.05, 4.69) is 17.1 Å². The number of amides is 1. The third-order valence-electron chi connectivity index (χ3n) is 3.53. The van der Waals surface area contributed by atoms with Gasteiger partial charge >= 0.3 is 0 Å². The normalized spacial score (nSPS) is 10.5. The number of phenolic OH excluding ortho intramolecular Hbond substituents is 1. The average Bonchev–Trinajstić information content (AvgIpc) is 2.64. The van der Waals surface area contributed by atoms with Crippen LogP contribution in [0.4, 0.5) is 0 Å². The molecule has 2 aromatic rings. The molecule has 0 aliphatic heterocycles. The zero-order valence-corrected chi connectivity index (χ0v) is 14.2. The molecular formula is C19H20N2O4. The summed E-state index contributed by atoms with van der Waals surface area (Å²) in [6.07, 6.45) is 3.64. The minimum absolute atomic E-state index is 0.117. The van der Waals surface area contributed by atoms with Crippen molar-refractivity contribution in [3.05, 3.63) is 65.7 Å². The summed E-state index contributed by atoms with van der Waals surface area (Å²) in [4.78, 5) is 12.2. The van der Waals surface area contributed by atoms with Crippen LogP contribution >= 0.6 is 0 Å². The number of nitrogens with one attached hydrogen (secondary N) is 1. The second-order valence-corrected chi connectivity index (χ2v) is 5.12. The van der Waals surface area contributed by atoms with Crippen LogP contribution in [0.15, 0.2) is 54.2 Å². The lowest BCUT2D eigenvalue weighted by Gasteiger charge is -2.08. The number of carbonyl (C=O) groups excluding carboxylic acids is 1. The Morgan fingerprint density at radius 3 is 2.68 bits per heavy atom. The maximum atomic E-state index is 12.2. The highest BCUT2D eigenvalue weighted by atomic mass is 16.5. The summed E-state index contributed by atoms with van der Waals surface area (Å²) < 4.78 is 10.3. The second-order valence-electron chi connectivity index (χ2n) is 5.12. The Kier molecular flexibility index (Phi) is 6.17. The van der Waals surface area contributed by atoms with Gasteiger partial charge in [-0.05, 0) is 36.2 Å². The van der Waals surface area contributed by atoms with Crippen molar-refractivity contribution in [2.75, 3.05) is 14.2 Å². The first-order chi connectivity index (χ1) is 12.1. The van der Waals surface area contributed by atoms with Crippen LogP contribution in [0.3, 0.4) is 0 Å². The highest BCUT2D eigenvalue weighted by Crippen LogP contribution is 2.27. The molecule has 0 heterocycles. The van der Waals surface area contributed by atoms with Crippen LogP contribution in [0.1, 0.15) is 21.5 Å². The van der Waals surface area contributed by atoms with E-state index in [-0.39, 0.29) is 5.75 Å². The molecule has 0 spiro atoms. The number of carbonyl (C=O) groups is 1. The number of methoxy groups -OCH3 is 2. The summed E-state index contributed by atoms with van der Waals surface area (Å²) in [6.45, 7) is 3.65. The predicted molar refractivity (Wildman–Crippen MR) is 96.6 cm³/mol. The Bertz CT molecular complexity index is 800. The molecule has 0 radical (unpaired) electrons. The van der Waals surface area contributed by atoms with Gasteiger partial charge in [0.25, 0.3) is 5.91 Å². The van der Waals surface area contributed by atoms with Gasteiger partial charge in [0.1, 0.15) is 5.75 Å². The van der Waals surface area contributed by atoms with Gasteiger partial charge in [0.05, 0.1) is 20.4 Å². The number of rotatable bonds is 7. The number of hydrogen-bond donors (Lipinski definition) is 2. The Morgan fingerprint density at radius 1 is 1.24 bits per heavy atom. The molecule has 0 aliphatic rings. The lowest BCUT2D eigenvalue weighted by atomic mass is 10.1. The molecule has 0 unspecified atom stereocenters. The summed E-state index contributed by atoms with van der Waals surface area (Å²) in [5, 5.41) is 14.0. The van der Waals surface area contributed by atoms with Crippen LogP contribution in [0.25, 0.3) is 0 Å². The van der Waals surface area contributed by atoms with E-state index in [1.54, 1.807) is 42.5 Å². The maximum Gasteiger partial charge on any atom is 0.271 e. The number of hydrogen-bond acceptors (Lipinski definition) is 5. The van der Waals surface area contributed by atoms with Crippen LogP contribution in [0.2, 0.25) is 0 Å². The monoisotopic (exact) mass is 340 g/mol. The number of ether oxygens (including phenoxy) is 2. The largest absolute Gasteiger partial charge is 0.507 e. The van der Waals surface area contributed by atoms with Crippen LogP contribution < -0.4 is 14.9 Å². The standard InChI is InChI=1S/C19H20N2O4/c1-4-6-13-7-5-8-15(18(13)22)12-20-21-19(23)14-9-10-16(24-2)17(11-14)25-3/h4-5,7-12,22H,1,6H2,2-3H3,(H,21,23)/b20-12+. The molecule has 0 atom stereocenters. The number of hydrazone groups is 1. The van der Waals surface area contributed by atoms with Gasteiger partial charge in [-0.15, -0.1) is 6.58 Å². The molecule has 0 bridgehead atoms. The Morgan fingerprint density at radius 2 is 2.00 bits per heavy atom. The van der Waals surface area contributed by atoms with E-state index >= 15 is 0 Å². The predicted octanol–water partition coefficient (Wildman–Crippen LogP) is 2.90. The zero-order valence-electron chi connectivity index (χ0n) is 14.2. The minimum Gasteiger partial charge on any atom is -0.507 e. The van der Waals surface area contributed by atoms with E-state index in [0.29, 0.717) is 29.0 Å². The molecule has 6 nitrogen and oxygen atoms in total. The Hall–Kier alpha value is -3.28. The van der Waals surface area contributed by atoms with Crippen LogP contribution in [-0.2, 0) is 6.42 Å². The molecule has 2 N–H and O–H groups in total. The SMILES string of the molecule is C=CCc1cccc(/C=N/NC(=O)c2ccc(OC)c(OC)c2)c1O. The topological polar surface area (TPSA) is 80.2 Å². The van der Waals surface area contributed by atoms with Crippen molar-refractivity contribution >= 4 is 12.1 Å². The van der Waals surface area contributed by atoms with Crippen LogP contribution in [0, 0.1) is 0 Å². The smallest absolute Gasteiger partial charge is 0.271 e. The van der Waals surface area contributed by atoms with Gasteiger partial charge in [0.15, 0.2) is 11.5 Å². The minimum atomic E-state index is -0.404. The van der Waals surface area contributed by atoms with E-state index in [4.69, 9.17) is 9.47 Å². The molecule has 25 heavy (non-hydrogen) atoms. The fraction of sp³-hybridized carbons (Fsp3) is 0.158. The number of phenols is 1. The van der Waals surface area contributed by atoms with Crippen molar-refractivity contribution in [3.63, 3.8) is 0 Å². The van der Waals surface area contributed by atoms with Crippen molar-refractivity contribution in [3.8, 4) is 17.2 Å². The second kappa shape index (κ2) is 8.54. The summed E-state index contributed by atoms with van der Waals surface area (Å²) in [5.74, 6) is 0.700. The van der Waals surface area contributed by atoms with Crippen LogP contribution in [-0.4, -0.2) is 31.4 Å². The molecule has 0 saturated carbocycles. The van der Waals surface area contributed by atoms with Gasteiger partial charge < -0.3 is 14.6 Å². The van der Waals surface area contributed by atoms with Crippen molar-refractivity contribution in [2.45, 2.75) is 6.42 Å². The fourth-order valence-corrected chi connectivity index (χ4v) is 2.24. The van der Waals surface area contributed by atoms with E-state index in [9.17, 15) is 9.90 Å². The molecule has 0 aromatic heterocycles. The first-order valence-corrected chi connectivity index (χ1v) is 7.58. The van der Waals surface area contributed by atoms with Gasteiger partial charge in [-0.3, -0.25) is 4.79 Å². The Balaban J connectivity index is 2.11. The van der Waals surface area contributed by atoms with E-state index < -0.39 is 5.91 Å². The lowest BCUT2D eigenvalue weighted by molar-refractivity contribution is 0.0954. The fourth-order valence-electron chi connectivity index (χ4n) is 2.24. The van der Waals surface area contributed by atoms with Crippen molar-refractivity contribution in [2.24, 2.45) is 5.10 Å². The third-order valence-corrected chi connectivity index (χ3v) is 3.53. The summed E-state index contributed by atoms with van der Waals surface area (Å²) in [5.41, 5.74) is 4.04. The van der Waals surface area contributed by atoms with Crippen LogP contribution in [0.5, 0.6) is 17.2 Å². The molecule has 130 valence electrons. The summed E-state index contributed by atoms with van der Waals surface area (Å²) in [6, 6.07) is 10.1. The number of nitrogens with zero attached hydrogens (tertiary/aromatic N) is 1. The molecule has 0 aliphatic carbocycles. The van der Waals surface area contributed by atoms with Gasteiger partial charge in [-0.2, -0.15) is 5.10 Å². The van der Waals surface area contributed by atoms with E-state index in [1.165, 1.54) is 20.4 Å². The maximum absolute atomic E-state index is 12.2. The summed E-state index contributed by atoms with van der Waals surface area (Å²) in [7, 11) is 3.02. The quantitative estimate of drug-likeness (QED) is 0.461. The van der Waals surface area contributed by atoms with Gasteiger partial charge in [0.2, 0.25) is 0 Å². The van der Waals surface area contributed by atoms with E-state index in [1.807, 2.05) is 0 Å². The van der Waals surface area contributed by atoms with Gasteiger partial charge in [-0.25, -0.2) is 5.43 Å². The highest BCUT2D eigenvalue weighted by Gasteiger charge is 2.10. The Labute approximate surface area is 146 Å². The highest BCUT2D eigenvalue weighted by molar-refractivity contribution is 5.95. The number of benzene rings is 2. The van der Waals surface area contributed by atoms with Crippen molar-refractivity contribution in [1.29, 1.82) is 0 Å². The number of para-hydroxylation sites is 1. The molecule has 0 saturated heterocycles.